The zero-order valence-corrected chi connectivity index (χ0v) is 14.7. The molecule has 0 N–H and O–H groups in total. The van der Waals surface area contributed by atoms with Crippen LogP contribution in [0.3, 0.4) is 0 Å². The van der Waals surface area contributed by atoms with Crippen LogP contribution in [-0.2, 0) is 9.53 Å². The number of nitrogens with zero attached hydrogens (tertiary/aromatic N) is 1. The van der Waals surface area contributed by atoms with E-state index in [1.807, 2.05) is 6.07 Å². The average Bonchev–Trinajstić information content (AvgIpc) is 2.66. The molecule has 2 rings (SSSR count). The SMILES string of the molecule is CCOC(=O)/C(=C\c1cc(OC)c(OC)cc1[N+](=O)[O-])c1ccccc1. The molecule has 0 aliphatic rings. The zero-order chi connectivity index (χ0) is 19.1. The Morgan fingerprint density at radius 2 is 1.73 bits per heavy atom. The van der Waals surface area contributed by atoms with E-state index in [-0.39, 0.29) is 29.2 Å². The van der Waals surface area contributed by atoms with Crippen molar-refractivity contribution in [2.75, 3.05) is 20.8 Å². The van der Waals surface area contributed by atoms with Crippen molar-refractivity contribution in [3.63, 3.8) is 0 Å². The Balaban J connectivity index is 2.68. The number of carbonyl (C=O) groups is 1. The van der Waals surface area contributed by atoms with Crippen LogP contribution in [0, 0.1) is 10.1 Å². The van der Waals surface area contributed by atoms with Gasteiger partial charge in [-0.25, -0.2) is 4.79 Å². The Labute approximate surface area is 151 Å². The summed E-state index contributed by atoms with van der Waals surface area (Å²) in [4.78, 5) is 23.3. The summed E-state index contributed by atoms with van der Waals surface area (Å²) in [5, 5.41) is 11.5. The molecule has 2 aromatic carbocycles. The predicted octanol–water partition coefficient (Wildman–Crippen LogP) is 3.72. The summed E-state index contributed by atoms with van der Waals surface area (Å²) in [5.74, 6) is -0.0165. The van der Waals surface area contributed by atoms with Gasteiger partial charge in [-0.05, 0) is 24.6 Å². The van der Waals surface area contributed by atoms with Crippen molar-refractivity contribution < 1.29 is 23.9 Å². The highest BCUT2D eigenvalue weighted by Crippen LogP contribution is 2.36. The van der Waals surface area contributed by atoms with Gasteiger partial charge in [0, 0.05) is 0 Å². The number of hydrogen-bond acceptors (Lipinski definition) is 6. The number of methoxy groups -OCH3 is 2. The monoisotopic (exact) mass is 357 g/mol. The fourth-order valence-corrected chi connectivity index (χ4v) is 2.40. The molecule has 0 radical (unpaired) electrons. The third kappa shape index (κ3) is 4.18. The first-order valence-corrected chi connectivity index (χ1v) is 7.86. The average molecular weight is 357 g/mol. The van der Waals surface area contributed by atoms with Crippen LogP contribution in [0.1, 0.15) is 18.1 Å². The van der Waals surface area contributed by atoms with E-state index < -0.39 is 10.9 Å². The highest BCUT2D eigenvalue weighted by Gasteiger charge is 2.21. The van der Waals surface area contributed by atoms with Gasteiger partial charge >= 0.3 is 5.97 Å². The van der Waals surface area contributed by atoms with E-state index in [4.69, 9.17) is 14.2 Å². The molecule has 0 amide bonds. The quantitative estimate of drug-likeness (QED) is 0.247. The van der Waals surface area contributed by atoms with Crippen molar-refractivity contribution in [3.8, 4) is 11.5 Å². The van der Waals surface area contributed by atoms with Gasteiger partial charge < -0.3 is 14.2 Å². The van der Waals surface area contributed by atoms with Gasteiger partial charge in [-0.2, -0.15) is 0 Å². The molecular weight excluding hydrogens is 338 g/mol. The normalized spacial score (nSPS) is 11.0. The number of nitro groups is 1. The molecule has 0 aliphatic heterocycles. The molecular formula is C19H19NO6. The molecule has 136 valence electrons. The van der Waals surface area contributed by atoms with E-state index in [9.17, 15) is 14.9 Å². The molecule has 0 heterocycles. The number of hydrogen-bond donors (Lipinski definition) is 0. The Morgan fingerprint density at radius 1 is 1.12 bits per heavy atom. The lowest BCUT2D eigenvalue weighted by Crippen LogP contribution is -2.07. The van der Waals surface area contributed by atoms with Gasteiger partial charge in [0.25, 0.3) is 5.69 Å². The second kappa shape index (κ2) is 8.66. The third-order valence-corrected chi connectivity index (χ3v) is 3.61. The molecule has 7 heteroatoms. The lowest BCUT2D eigenvalue weighted by Gasteiger charge is -2.11. The number of carbonyl (C=O) groups excluding carboxylic acids is 1. The van der Waals surface area contributed by atoms with Gasteiger partial charge in [-0.15, -0.1) is 0 Å². The largest absolute Gasteiger partial charge is 0.493 e. The zero-order valence-electron chi connectivity index (χ0n) is 14.7. The van der Waals surface area contributed by atoms with Crippen LogP contribution in [0.5, 0.6) is 11.5 Å². The Morgan fingerprint density at radius 3 is 2.27 bits per heavy atom. The number of nitro benzene ring substituents is 1. The van der Waals surface area contributed by atoms with Crippen molar-refractivity contribution in [2.24, 2.45) is 0 Å². The van der Waals surface area contributed by atoms with Crippen molar-refractivity contribution >= 4 is 23.3 Å². The topological polar surface area (TPSA) is 87.9 Å². The smallest absolute Gasteiger partial charge is 0.338 e. The van der Waals surface area contributed by atoms with E-state index in [1.165, 1.54) is 32.4 Å². The van der Waals surface area contributed by atoms with Crippen LogP contribution >= 0.6 is 0 Å². The summed E-state index contributed by atoms with van der Waals surface area (Å²) in [5.41, 5.74) is 0.803. The highest BCUT2D eigenvalue weighted by atomic mass is 16.6. The summed E-state index contributed by atoms with van der Waals surface area (Å²) in [6.45, 7) is 1.89. The Bertz CT molecular complexity index is 829. The summed E-state index contributed by atoms with van der Waals surface area (Å²) in [7, 11) is 2.83. The third-order valence-electron chi connectivity index (χ3n) is 3.61. The Hall–Kier alpha value is -3.35. The number of rotatable bonds is 7. The van der Waals surface area contributed by atoms with Gasteiger partial charge in [-0.1, -0.05) is 30.3 Å². The van der Waals surface area contributed by atoms with Crippen molar-refractivity contribution in [2.45, 2.75) is 6.92 Å². The second-order valence-electron chi connectivity index (χ2n) is 5.17. The molecule has 0 fully saturated rings. The molecule has 0 saturated heterocycles. The van der Waals surface area contributed by atoms with Crippen LogP contribution in [-0.4, -0.2) is 31.7 Å². The molecule has 0 spiro atoms. The first-order valence-electron chi connectivity index (χ1n) is 7.86. The lowest BCUT2D eigenvalue weighted by molar-refractivity contribution is -0.385. The molecule has 0 atom stereocenters. The minimum Gasteiger partial charge on any atom is -0.493 e. The first-order chi connectivity index (χ1) is 12.5. The van der Waals surface area contributed by atoms with Gasteiger partial charge in [0.1, 0.15) is 0 Å². The molecule has 26 heavy (non-hydrogen) atoms. The molecule has 0 aromatic heterocycles. The first kappa shape index (κ1) is 19.0. The van der Waals surface area contributed by atoms with Crippen LogP contribution in [0.15, 0.2) is 42.5 Å². The summed E-state index contributed by atoms with van der Waals surface area (Å²) in [6, 6.07) is 11.5. The fraction of sp³-hybridized carbons (Fsp3) is 0.211. The van der Waals surface area contributed by atoms with Crippen LogP contribution in [0.4, 0.5) is 5.69 Å². The van der Waals surface area contributed by atoms with E-state index in [2.05, 4.69) is 0 Å². The molecule has 0 bridgehead atoms. The van der Waals surface area contributed by atoms with E-state index in [1.54, 1.807) is 31.2 Å². The van der Waals surface area contributed by atoms with Crippen molar-refractivity contribution in [1.29, 1.82) is 0 Å². The van der Waals surface area contributed by atoms with Gasteiger partial charge in [0.05, 0.1) is 43.0 Å². The maximum absolute atomic E-state index is 12.4. The van der Waals surface area contributed by atoms with Crippen molar-refractivity contribution in [3.05, 3.63) is 63.7 Å². The number of esters is 1. The van der Waals surface area contributed by atoms with E-state index in [0.29, 0.717) is 11.3 Å². The van der Waals surface area contributed by atoms with Gasteiger partial charge in [0.15, 0.2) is 11.5 Å². The minimum atomic E-state index is -0.567. The van der Waals surface area contributed by atoms with Gasteiger partial charge in [0.2, 0.25) is 0 Å². The molecule has 7 nitrogen and oxygen atoms in total. The van der Waals surface area contributed by atoms with E-state index >= 15 is 0 Å². The molecule has 0 saturated carbocycles. The maximum atomic E-state index is 12.4. The molecule has 0 aliphatic carbocycles. The minimum absolute atomic E-state index is 0.192. The number of benzene rings is 2. The summed E-state index contributed by atoms with van der Waals surface area (Å²) < 4.78 is 15.4. The van der Waals surface area contributed by atoms with Crippen LogP contribution in [0.2, 0.25) is 0 Å². The summed E-state index contributed by atoms with van der Waals surface area (Å²) in [6.07, 6.45) is 1.42. The number of ether oxygens (including phenoxy) is 3. The molecule has 0 unspecified atom stereocenters. The fourth-order valence-electron chi connectivity index (χ4n) is 2.40. The van der Waals surface area contributed by atoms with Crippen molar-refractivity contribution in [1.82, 2.24) is 0 Å². The lowest BCUT2D eigenvalue weighted by atomic mass is 10.0. The summed E-state index contributed by atoms with van der Waals surface area (Å²) >= 11 is 0. The van der Waals surface area contributed by atoms with E-state index in [0.717, 1.165) is 0 Å². The van der Waals surface area contributed by atoms with Crippen LogP contribution in [0.25, 0.3) is 11.6 Å². The maximum Gasteiger partial charge on any atom is 0.338 e. The highest BCUT2D eigenvalue weighted by molar-refractivity contribution is 6.21. The second-order valence-corrected chi connectivity index (χ2v) is 5.17. The predicted molar refractivity (Wildman–Crippen MR) is 97.1 cm³/mol. The van der Waals surface area contributed by atoms with Gasteiger partial charge in [-0.3, -0.25) is 10.1 Å². The Kier molecular flexibility index (Phi) is 6.32. The van der Waals surface area contributed by atoms with Crippen LogP contribution < -0.4 is 9.47 Å². The standard InChI is InChI=1S/C19H19NO6/c1-4-26-19(21)15(13-8-6-5-7-9-13)10-14-11-17(24-2)18(25-3)12-16(14)20(22)23/h5-12H,4H2,1-3H3/b15-10-. The molecule has 2 aromatic rings.